The average Bonchev–Trinajstić information content (AvgIpc) is 2.15. The van der Waals surface area contributed by atoms with E-state index < -0.39 is 0 Å². The summed E-state index contributed by atoms with van der Waals surface area (Å²) in [6, 6.07) is 4.01. The van der Waals surface area contributed by atoms with Gasteiger partial charge in [0.15, 0.2) is 0 Å². The Kier molecular flexibility index (Phi) is 4.43. The van der Waals surface area contributed by atoms with Gasteiger partial charge >= 0.3 is 0 Å². The van der Waals surface area contributed by atoms with E-state index in [1.807, 2.05) is 0 Å². The van der Waals surface area contributed by atoms with E-state index in [9.17, 15) is 4.39 Å². The molecule has 0 amide bonds. The highest BCUT2D eigenvalue weighted by Gasteiger charge is 2.01. The van der Waals surface area contributed by atoms with E-state index in [0.717, 1.165) is 0 Å². The van der Waals surface area contributed by atoms with Crippen LogP contribution in [0, 0.1) is 5.82 Å². The molecule has 0 aliphatic carbocycles. The number of hydrogen-bond donors (Lipinski definition) is 1. The normalized spacial score (nSPS) is 10.8. The third-order valence-corrected chi connectivity index (χ3v) is 1.83. The van der Waals surface area contributed by atoms with E-state index in [-0.39, 0.29) is 10.8 Å². The van der Waals surface area contributed by atoms with E-state index in [0.29, 0.717) is 18.9 Å². The average molecular weight is 216 g/mol. The first-order chi connectivity index (χ1) is 6.74. The number of benzene rings is 1. The maximum atomic E-state index is 12.6. The van der Waals surface area contributed by atoms with Crippen LogP contribution in [0.5, 0.6) is 5.75 Å². The molecule has 0 aliphatic heterocycles. The predicted octanol–water partition coefficient (Wildman–Crippen LogP) is 2.37. The van der Waals surface area contributed by atoms with Crippen molar-refractivity contribution in [3.8, 4) is 5.75 Å². The van der Waals surface area contributed by atoms with Crippen molar-refractivity contribution in [3.05, 3.63) is 41.2 Å². The molecule has 1 aromatic rings. The Bertz CT molecular complexity index is 328. The van der Waals surface area contributed by atoms with Gasteiger partial charge < -0.3 is 10.5 Å². The molecule has 1 rings (SSSR count). The Hall–Kier alpha value is -1.06. The smallest absolute Gasteiger partial charge is 0.138 e. The molecule has 0 atom stereocenters. The summed E-state index contributed by atoms with van der Waals surface area (Å²) in [5.74, 6) is 0.0922. The van der Waals surface area contributed by atoms with Crippen LogP contribution in [0.3, 0.4) is 0 Å². The van der Waals surface area contributed by atoms with Crippen molar-refractivity contribution in [2.75, 3.05) is 13.2 Å². The number of halogens is 2. The lowest BCUT2D eigenvalue weighted by Crippen LogP contribution is -1.97. The van der Waals surface area contributed by atoms with Crippen molar-refractivity contribution in [1.82, 2.24) is 0 Å². The van der Waals surface area contributed by atoms with Gasteiger partial charge in [0.2, 0.25) is 0 Å². The molecule has 0 aliphatic rings. The van der Waals surface area contributed by atoms with Crippen LogP contribution >= 0.6 is 11.6 Å². The molecular weight excluding hydrogens is 205 g/mol. The van der Waals surface area contributed by atoms with Crippen molar-refractivity contribution < 1.29 is 9.13 Å². The molecule has 0 heterocycles. The second-order valence-corrected chi connectivity index (χ2v) is 3.00. The largest absolute Gasteiger partial charge is 0.488 e. The fourth-order valence-electron chi connectivity index (χ4n) is 0.894. The van der Waals surface area contributed by atoms with Gasteiger partial charge in [-0.25, -0.2) is 4.39 Å². The summed E-state index contributed by atoms with van der Waals surface area (Å²) >= 11 is 5.73. The molecule has 0 bridgehead atoms. The second-order valence-electron chi connectivity index (χ2n) is 2.59. The molecule has 2 nitrogen and oxygen atoms in total. The molecule has 0 radical (unpaired) electrons. The van der Waals surface area contributed by atoms with Gasteiger partial charge in [-0.2, -0.15) is 0 Å². The van der Waals surface area contributed by atoms with E-state index >= 15 is 0 Å². The summed E-state index contributed by atoms with van der Waals surface area (Å²) < 4.78 is 17.9. The van der Waals surface area contributed by atoms with Crippen LogP contribution in [0.25, 0.3) is 0 Å². The summed E-state index contributed by atoms with van der Waals surface area (Å²) in [7, 11) is 0. The number of rotatable bonds is 4. The van der Waals surface area contributed by atoms with Gasteiger partial charge in [0.25, 0.3) is 0 Å². The topological polar surface area (TPSA) is 35.2 Å². The van der Waals surface area contributed by atoms with Crippen molar-refractivity contribution in [1.29, 1.82) is 0 Å². The van der Waals surface area contributed by atoms with Crippen molar-refractivity contribution in [2.24, 2.45) is 5.73 Å². The highest BCUT2D eigenvalue weighted by atomic mass is 35.5. The van der Waals surface area contributed by atoms with Gasteiger partial charge in [0.05, 0.1) is 5.02 Å². The number of hydrogen-bond acceptors (Lipinski definition) is 2. The molecule has 1 aromatic carbocycles. The molecule has 76 valence electrons. The Morgan fingerprint density at radius 2 is 2.21 bits per heavy atom. The molecule has 0 aromatic heterocycles. The van der Waals surface area contributed by atoms with Crippen LogP contribution < -0.4 is 10.5 Å². The Morgan fingerprint density at radius 3 is 2.86 bits per heavy atom. The Labute approximate surface area is 87.1 Å². The maximum Gasteiger partial charge on any atom is 0.138 e. The second kappa shape index (κ2) is 5.62. The summed E-state index contributed by atoms with van der Waals surface area (Å²) in [5.41, 5.74) is 5.24. The van der Waals surface area contributed by atoms with Crippen LogP contribution in [0.1, 0.15) is 0 Å². The minimum absolute atomic E-state index is 0.270. The molecule has 2 N–H and O–H groups in total. The first kappa shape index (κ1) is 11.0. The van der Waals surface area contributed by atoms with Crippen LogP contribution in [0.15, 0.2) is 30.4 Å². The van der Waals surface area contributed by atoms with Crippen LogP contribution in [0.2, 0.25) is 5.02 Å². The van der Waals surface area contributed by atoms with Gasteiger partial charge in [0.1, 0.15) is 18.2 Å². The Balaban J connectivity index is 2.55. The predicted molar refractivity (Wildman–Crippen MR) is 55.1 cm³/mol. The molecule has 0 unspecified atom stereocenters. The molecule has 0 saturated heterocycles. The lowest BCUT2D eigenvalue weighted by Gasteiger charge is -2.04. The lowest BCUT2D eigenvalue weighted by atomic mass is 10.3. The first-order valence-corrected chi connectivity index (χ1v) is 4.54. The van der Waals surface area contributed by atoms with Gasteiger partial charge in [-0.15, -0.1) is 0 Å². The molecule has 0 saturated carbocycles. The summed E-state index contributed by atoms with van der Waals surface area (Å²) in [6.45, 7) is 0.850. The van der Waals surface area contributed by atoms with E-state index in [4.69, 9.17) is 22.1 Å². The molecule has 4 heteroatoms. The zero-order valence-corrected chi connectivity index (χ0v) is 8.30. The van der Waals surface area contributed by atoms with E-state index in [1.54, 1.807) is 12.2 Å². The van der Waals surface area contributed by atoms with Crippen LogP contribution in [-0.4, -0.2) is 13.2 Å². The Morgan fingerprint density at radius 1 is 1.43 bits per heavy atom. The van der Waals surface area contributed by atoms with Gasteiger partial charge in [0, 0.05) is 6.54 Å². The third kappa shape index (κ3) is 3.36. The van der Waals surface area contributed by atoms with Crippen molar-refractivity contribution in [2.45, 2.75) is 0 Å². The minimum Gasteiger partial charge on any atom is -0.488 e. The number of nitrogens with two attached hydrogens (primary N) is 1. The summed E-state index contributed by atoms with van der Waals surface area (Å²) in [4.78, 5) is 0. The molecule has 0 fully saturated rings. The van der Waals surface area contributed by atoms with Gasteiger partial charge in [-0.3, -0.25) is 0 Å². The van der Waals surface area contributed by atoms with E-state index in [1.165, 1.54) is 18.2 Å². The fourth-order valence-corrected chi connectivity index (χ4v) is 1.12. The summed E-state index contributed by atoms with van der Waals surface area (Å²) in [6.07, 6.45) is 3.55. The highest BCUT2D eigenvalue weighted by molar-refractivity contribution is 6.32. The van der Waals surface area contributed by atoms with Gasteiger partial charge in [-0.05, 0) is 18.2 Å². The highest BCUT2D eigenvalue weighted by Crippen LogP contribution is 2.24. The lowest BCUT2D eigenvalue weighted by molar-refractivity contribution is 0.362. The van der Waals surface area contributed by atoms with Crippen molar-refractivity contribution >= 4 is 11.6 Å². The molecular formula is C10H11ClFNO. The quantitative estimate of drug-likeness (QED) is 0.783. The summed E-state index contributed by atoms with van der Waals surface area (Å²) in [5, 5.41) is 0.270. The monoisotopic (exact) mass is 215 g/mol. The standard InChI is InChI=1S/C10H11ClFNO/c11-9-7-8(12)3-4-10(9)14-6-2-1-5-13/h1-4,7H,5-6,13H2. The first-order valence-electron chi connectivity index (χ1n) is 4.17. The third-order valence-electron chi connectivity index (χ3n) is 1.53. The van der Waals surface area contributed by atoms with Crippen LogP contribution in [0.4, 0.5) is 4.39 Å². The SMILES string of the molecule is NCC=CCOc1ccc(F)cc1Cl. The van der Waals surface area contributed by atoms with Crippen molar-refractivity contribution in [3.63, 3.8) is 0 Å². The fraction of sp³-hybridized carbons (Fsp3) is 0.200. The minimum atomic E-state index is -0.375. The van der Waals surface area contributed by atoms with Crippen LogP contribution in [-0.2, 0) is 0 Å². The zero-order chi connectivity index (χ0) is 10.4. The van der Waals surface area contributed by atoms with Gasteiger partial charge in [-0.1, -0.05) is 23.8 Å². The molecule has 0 spiro atoms. The number of ether oxygens (including phenoxy) is 1. The molecule has 14 heavy (non-hydrogen) atoms. The zero-order valence-electron chi connectivity index (χ0n) is 7.54. The van der Waals surface area contributed by atoms with E-state index in [2.05, 4.69) is 0 Å². The maximum absolute atomic E-state index is 12.6.